The Bertz CT molecular complexity index is 223. The van der Waals surface area contributed by atoms with Gasteiger partial charge < -0.3 is 15.3 Å². The van der Waals surface area contributed by atoms with E-state index in [1.165, 1.54) is 0 Å². The van der Waals surface area contributed by atoms with E-state index >= 15 is 0 Å². The fourth-order valence-electron chi connectivity index (χ4n) is 2.31. The lowest BCUT2D eigenvalue weighted by Crippen LogP contribution is -2.58. The molecule has 0 saturated carbocycles. The van der Waals surface area contributed by atoms with E-state index in [4.69, 9.17) is 0 Å². The Kier molecular flexibility index (Phi) is 5.22. The van der Waals surface area contributed by atoms with Gasteiger partial charge in [-0.3, -0.25) is 4.79 Å². The van der Waals surface area contributed by atoms with Crippen LogP contribution in [0, 0.1) is 0 Å². The first-order valence-corrected chi connectivity index (χ1v) is 6.35. The minimum absolute atomic E-state index is 0.666. The Morgan fingerprint density at radius 3 is 2.38 bits per heavy atom. The summed E-state index contributed by atoms with van der Waals surface area (Å²) in [6.07, 6.45) is 3.57. The predicted molar refractivity (Wildman–Crippen MR) is 64.6 cm³/mol. The highest BCUT2D eigenvalue weighted by Crippen LogP contribution is 2.22. The molecule has 0 spiro atoms. The average molecular weight is 228 g/mol. The predicted octanol–water partition coefficient (Wildman–Crippen LogP) is 1.32. The van der Waals surface area contributed by atoms with Crippen LogP contribution in [0.15, 0.2) is 0 Å². The Morgan fingerprint density at radius 2 is 1.94 bits per heavy atom. The molecule has 0 atom stereocenters. The third-order valence-electron chi connectivity index (χ3n) is 3.37. The van der Waals surface area contributed by atoms with Crippen molar-refractivity contribution in [3.63, 3.8) is 0 Å². The molecule has 4 nitrogen and oxygen atoms in total. The molecule has 1 saturated heterocycles. The zero-order valence-electron chi connectivity index (χ0n) is 10.5. The van der Waals surface area contributed by atoms with Gasteiger partial charge in [0.05, 0.1) is 0 Å². The van der Waals surface area contributed by atoms with Crippen LogP contribution in [0.3, 0.4) is 0 Å². The van der Waals surface area contributed by atoms with Crippen LogP contribution in [0.2, 0.25) is 0 Å². The van der Waals surface area contributed by atoms with Gasteiger partial charge >= 0.3 is 5.97 Å². The second-order valence-electron chi connectivity index (χ2n) is 4.66. The molecule has 16 heavy (non-hydrogen) atoms. The second-order valence-corrected chi connectivity index (χ2v) is 4.66. The van der Waals surface area contributed by atoms with E-state index in [2.05, 4.69) is 24.1 Å². The molecular formula is C12H24N2O2. The summed E-state index contributed by atoms with van der Waals surface area (Å²) in [5, 5.41) is 12.6. The van der Waals surface area contributed by atoms with Gasteiger partial charge in [-0.15, -0.1) is 0 Å². The molecule has 0 aromatic carbocycles. The van der Waals surface area contributed by atoms with E-state index in [-0.39, 0.29) is 0 Å². The van der Waals surface area contributed by atoms with Crippen LogP contribution in [-0.4, -0.2) is 47.7 Å². The average Bonchev–Trinajstić information content (AvgIpc) is 2.28. The molecule has 1 heterocycles. The maximum Gasteiger partial charge on any atom is 0.323 e. The molecule has 1 fully saturated rings. The fourth-order valence-corrected chi connectivity index (χ4v) is 2.31. The minimum atomic E-state index is -0.683. The summed E-state index contributed by atoms with van der Waals surface area (Å²) >= 11 is 0. The first-order valence-electron chi connectivity index (χ1n) is 6.35. The number of aliphatic carboxylic acids is 1. The minimum Gasteiger partial charge on any atom is -0.480 e. The largest absolute Gasteiger partial charge is 0.480 e. The molecule has 1 aliphatic heterocycles. The number of carboxylic acid groups (broad SMARTS) is 1. The molecule has 0 radical (unpaired) electrons. The van der Waals surface area contributed by atoms with Crippen molar-refractivity contribution in [3.8, 4) is 0 Å². The Labute approximate surface area is 98.0 Å². The molecule has 4 heteroatoms. The van der Waals surface area contributed by atoms with Crippen molar-refractivity contribution in [2.75, 3.05) is 26.2 Å². The number of nitrogens with one attached hydrogen (secondary N) is 1. The Morgan fingerprint density at radius 1 is 1.31 bits per heavy atom. The highest BCUT2D eigenvalue weighted by Gasteiger charge is 2.40. The van der Waals surface area contributed by atoms with Crippen molar-refractivity contribution < 1.29 is 9.90 Å². The van der Waals surface area contributed by atoms with E-state index in [0.29, 0.717) is 0 Å². The highest BCUT2D eigenvalue weighted by atomic mass is 16.4. The fraction of sp³-hybridized carbons (Fsp3) is 0.917. The summed E-state index contributed by atoms with van der Waals surface area (Å²) in [6.45, 7) is 7.90. The zero-order valence-corrected chi connectivity index (χ0v) is 10.5. The van der Waals surface area contributed by atoms with Crippen molar-refractivity contribution >= 4 is 5.97 Å². The topological polar surface area (TPSA) is 52.6 Å². The van der Waals surface area contributed by atoms with Gasteiger partial charge in [0.2, 0.25) is 0 Å². The number of nitrogens with zero attached hydrogens (tertiary/aromatic N) is 1. The van der Waals surface area contributed by atoms with Gasteiger partial charge in [0.1, 0.15) is 5.54 Å². The zero-order chi connectivity index (χ0) is 12.0. The van der Waals surface area contributed by atoms with Crippen LogP contribution < -0.4 is 5.32 Å². The lowest BCUT2D eigenvalue weighted by Gasteiger charge is -2.39. The van der Waals surface area contributed by atoms with Crippen molar-refractivity contribution in [1.29, 1.82) is 0 Å². The third kappa shape index (κ3) is 3.19. The monoisotopic (exact) mass is 228 g/mol. The first-order chi connectivity index (χ1) is 7.64. The molecule has 0 aromatic heterocycles. The van der Waals surface area contributed by atoms with Gasteiger partial charge in [-0.1, -0.05) is 13.8 Å². The summed E-state index contributed by atoms with van der Waals surface area (Å²) in [5.74, 6) is -0.683. The van der Waals surface area contributed by atoms with Crippen LogP contribution in [0.25, 0.3) is 0 Å². The number of carbonyl (C=O) groups is 1. The molecular weight excluding hydrogens is 204 g/mol. The van der Waals surface area contributed by atoms with Gasteiger partial charge in [0, 0.05) is 13.1 Å². The van der Waals surface area contributed by atoms with Gasteiger partial charge in [-0.2, -0.15) is 0 Å². The number of likely N-dealkylation sites (tertiary alicyclic amines) is 1. The lowest BCUT2D eigenvalue weighted by molar-refractivity contribution is -0.147. The molecule has 0 bridgehead atoms. The SMILES string of the molecule is CCCNC1(C(=O)O)CCN(CCC)CC1. The third-order valence-corrected chi connectivity index (χ3v) is 3.37. The summed E-state index contributed by atoms with van der Waals surface area (Å²) in [7, 11) is 0. The normalized spacial score (nSPS) is 20.9. The smallest absolute Gasteiger partial charge is 0.323 e. The van der Waals surface area contributed by atoms with Crippen LogP contribution in [0.5, 0.6) is 0 Å². The van der Waals surface area contributed by atoms with Crippen LogP contribution >= 0.6 is 0 Å². The Balaban J connectivity index is 2.52. The lowest BCUT2D eigenvalue weighted by atomic mass is 9.87. The van der Waals surface area contributed by atoms with Gasteiger partial charge in [0.15, 0.2) is 0 Å². The molecule has 94 valence electrons. The number of piperidine rings is 1. The number of hydrogen-bond acceptors (Lipinski definition) is 3. The molecule has 2 N–H and O–H groups in total. The maximum atomic E-state index is 11.4. The number of hydrogen-bond donors (Lipinski definition) is 2. The molecule has 1 rings (SSSR count). The molecule has 0 aliphatic carbocycles. The summed E-state index contributed by atoms with van der Waals surface area (Å²) < 4.78 is 0. The van der Waals surface area contributed by atoms with Gasteiger partial charge in [-0.05, 0) is 38.8 Å². The summed E-state index contributed by atoms with van der Waals surface area (Å²) in [6, 6.07) is 0. The quantitative estimate of drug-likeness (QED) is 0.720. The van der Waals surface area contributed by atoms with Crippen molar-refractivity contribution in [2.45, 2.75) is 45.1 Å². The number of rotatable bonds is 6. The Hall–Kier alpha value is -0.610. The van der Waals surface area contributed by atoms with E-state index in [1.807, 2.05) is 0 Å². The van der Waals surface area contributed by atoms with Crippen molar-refractivity contribution in [1.82, 2.24) is 10.2 Å². The number of carboxylic acids is 1. The van der Waals surface area contributed by atoms with Crippen LogP contribution in [-0.2, 0) is 4.79 Å². The summed E-state index contributed by atoms with van der Waals surface area (Å²) in [4.78, 5) is 13.7. The molecule has 0 aromatic rings. The van der Waals surface area contributed by atoms with Crippen LogP contribution in [0.4, 0.5) is 0 Å². The molecule has 0 amide bonds. The van der Waals surface area contributed by atoms with E-state index in [1.54, 1.807) is 0 Å². The van der Waals surface area contributed by atoms with Crippen molar-refractivity contribution in [3.05, 3.63) is 0 Å². The van der Waals surface area contributed by atoms with E-state index in [9.17, 15) is 9.90 Å². The second kappa shape index (κ2) is 6.21. The van der Waals surface area contributed by atoms with Gasteiger partial charge in [-0.25, -0.2) is 0 Å². The van der Waals surface area contributed by atoms with Gasteiger partial charge in [0.25, 0.3) is 0 Å². The summed E-state index contributed by atoms with van der Waals surface area (Å²) in [5.41, 5.74) is -0.666. The maximum absolute atomic E-state index is 11.4. The molecule has 1 aliphatic rings. The van der Waals surface area contributed by atoms with E-state index < -0.39 is 11.5 Å². The molecule has 0 unspecified atom stereocenters. The van der Waals surface area contributed by atoms with E-state index in [0.717, 1.165) is 51.9 Å². The van der Waals surface area contributed by atoms with Crippen LogP contribution in [0.1, 0.15) is 39.5 Å². The van der Waals surface area contributed by atoms with Crippen molar-refractivity contribution in [2.24, 2.45) is 0 Å². The highest BCUT2D eigenvalue weighted by molar-refractivity contribution is 5.79. The first kappa shape index (κ1) is 13.5. The standard InChI is InChI=1S/C12H24N2O2/c1-3-7-13-12(11(15)16)5-9-14(8-4-2)10-6-12/h13H,3-10H2,1-2H3,(H,15,16).